The molecular formula is C9H16O3. The zero-order valence-corrected chi connectivity index (χ0v) is 7.89. The van der Waals surface area contributed by atoms with Gasteiger partial charge in [-0.25, -0.2) is 4.79 Å². The van der Waals surface area contributed by atoms with E-state index in [-0.39, 0.29) is 0 Å². The maximum atomic E-state index is 10.6. The smallest absolute Gasteiger partial charge is 0.334 e. The quantitative estimate of drug-likeness (QED) is 0.510. The van der Waals surface area contributed by atoms with Crippen molar-refractivity contribution >= 4 is 5.97 Å². The van der Waals surface area contributed by atoms with E-state index in [0.717, 1.165) is 6.42 Å². The largest absolute Gasteiger partial charge is 0.498 e. The summed E-state index contributed by atoms with van der Waals surface area (Å²) in [6.07, 6.45) is 1.60. The lowest BCUT2D eigenvalue weighted by atomic mass is 10.2. The van der Waals surface area contributed by atoms with Crippen LogP contribution < -0.4 is 0 Å². The highest BCUT2D eigenvalue weighted by Gasteiger charge is 2.08. The predicted octanol–water partition coefficient (Wildman–Crippen LogP) is 2.18. The zero-order valence-electron chi connectivity index (χ0n) is 7.89. The molecule has 3 heteroatoms. The molecule has 0 aromatic carbocycles. The molecule has 1 N–H and O–H groups in total. The summed E-state index contributed by atoms with van der Waals surface area (Å²) < 4.78 is 5.20. The third-order valence-electron chi connectivity index (χ3n) is 1.53. The van der Waals surface area contributed by atoms with Crippen LogP contribution in [0, 0.1) is 0 Å². The van der Waals surface area contributed by atoms with Crippen molar-refractivity contribution < 1.29 is 14.6 Å². The Kier molecular flexibility index (Phi) is 5.17. The number of carboxylic acid groups (broad SMARTS) is 1. The summed E-state index contributed by atoms with van der Waals surface area (Å²) in [6.45, 7) is 5.95. The molecule has 0 amide bonds. The van der Waals surface area contributed by atoms with E-state index >= 15 is 0 Å². The molecule has 0 aromatic heterocycles. The third-order valence-corrected chi connectivity index (χ3v) is 1.53. The van der Waals surface area contributed by atoms with E-state index < -0.39 is 5.97 Å². The van der Waals surface area contributed by atoms with Crippen LogP contribution in [0.2, 0.25) is 0 Å². The van der Waals surface area contributed by atoms with Crippen molar-refractivity contribution in [2.24, 2.45) is 0 Å². The van der Waals surface area contributed by atoms with Gasteiger partial charge in [-0.3, -0.25) is 0 Å². The Morgan fingerprint density at radius 3 is 2.33 bits per heavy atom. The number of ether oxygens (including phenoxy) is 1. The minimum Gasteiger partial charge on any atom is -0.498 e. The fraction of sp³-hybridized carbons (Fsp3) is 0.667. The first-order chi connectivity index (χ1) is 5.63. The van der Waals surface area contributed by atoms with Gasteiger partial charge >= 0.3 is 5.97 Å². The molecule has 0 aliphatic rings. The summed E-state index contributed by atoms with van der Waals surface area (Å²) in [5.74, 6) is -0.292. The number of hydrogen-bond acceptors (Lipinski definition) is 2. The van der Waals surface area contributed by atoms with Crippen molar-refractivity contribution in [3.05, 3.63) is 11.3 Å². The van der Waals surface area contributed by atoms with Gasteiger partial charge in [0.25, 0.3) is 0 Å². The van der Waals surface area contributed by atoms with E-state index in [1.807, 2.05) is 13.8 Å². The number of carbonyl (C=O) groups is 1. The molecule has 0 bridgehead atoms. The fourth-order valence-corrected chi connectivity index (χ4v) is 0.888. The Hall–Kier alpha value is -0.990. The molecule has 70 valence electrons. The van der Waals surface area contributed by atoms with Gasteiger partial charge in [-0.2, -0.15) is 0 Å². The molecule has 3 nitrogen and oxygen atoms in total. The van der Waals surface area contributed by atoms with Gasteiger partial charge in [-0.1, -0.05) is 6.92 Å². The Morgan fingerprint density at radius 2 is 2.00 bits per heavy atom. The Labute approximate surface area is 73.0 Å². The number of allylic oxidation sites excluding steroid dienone is 1. The Bertz CT molecular complexity index is 174. The fourth-order valence-electron chi connectivity index (χ4n) is 0.888. The lowest BCUT2D eigenvalue weighted by Crippen LogP contribution is -2.04. The third kappa shape index (κ3) is 3.42. The van der Waals surface area contributed by atoms with Crippen LogP contribution in [0.15, 0.2) is 11.3 Å². The van der Waals surface area contributed by atoms with Crippen LogP contribution in [-0.2, 0) is 9.53 Å². The van der Waals surface area contributed by atoms with Crippen molar-refractivity contribution in [1.82, 2.24) is 0 Å². The second kappa shape index (κ2) is 5.63. The van der Waals surface area contributed by atoms with Crippen LogP contribution in [0.3, 0.4) is 0 Å². The minimum atomic E-state index is -0.896. The van der Waals surface area contributed by atoms with E-state index in [4.69, 9.17) is 9.84 Å². The molecular weight excluding hydrogens is 156 g/mol. The lowest BCUT2D eigenvalue weighted by molar-refractivity contribution is -0.132. The van der Waals surface area contributed by atoms with Crippen LogP contribution in [0.4, 0.5) is 0 Å². The van der Waals surface area contributed by atoms with Gasteiger partial charge in [0.1, 0.15) is 5.76 Å². The summed E-state index contributed by atoms with van der Waals surface area (Å²) in [7, 11) is 0. The molecule has 0 aliphatic carbocycles. The van der Waals surface area contributed by atoms with Gasteiger partial charge in [0.05, 0.1) is 12.2 Å². The Morgan fingerprint density at radius 1 is 1.42 bits per heavy atom. The van der Waals surface area contributed by atoms with Gasteiger partial charge in [-0.15, -0.1) is 0 Å². The predicted molar refractivity (Wildman–Crippen MR) is 46.9 cm³/mol. The van der Waals surface area contributed by atoms with Crippen LogP contribution in [0.5, 0.6) is 0 Å². The highest BCUT2D eigenvalue weighted by atomic mass is 16.5. The number of hydrogen-bond donors (Lipinski definition) is 1. The summed E-state index contributed by atoms with van der Waals surface area (Å²) in [4.78, 5) is 10.6. The minimum absolute atomic E-state index is 0.318. The topological polar surface area (TPSA) is 46.5 Å². The molecule has 0 fully saturated rings. The molecule has 0 heterocycles. The van der Waals surface area contributed by atoms with Gasteiger partial charge in [-0.05, 0) is 20.3 Å². The van der Waals surface area contributed by atoms with E-state index in [2.05, 4.69) is 0 Å². The van der Waals surface area contributed by atoms with Crippen LogP contribution in [-0.4, -0.2) is 17.7 Å². The summed E-state index contributed by atoms with van der Waals surface area (Å²) >= 11 is 0. The van der Waals surface area contributed by atoms with Crippen molar-refractivity contribution in [2.75, 3.05) is 6.61 Å². The first kappa shape index (κ1) is 11.0. The van der Waals surface area contributed by atoms with E-state index in [1.165, 1.54) is 0 Å². The van der Waals surface area contributed by atoms with Gasteiger partial charge < -0.3 is 9.84 Å². The van der Waals surface area contributed by atoms with Gasteiger partial charge in [0, 0.05) is 6.42 Å². The van der Waals surface area contributed by atoms with E-state index in [9.17, 15) is 4.79 Å². The maximum absolute atomic E-state index is 10.6. The second-order valence-electron chi connectivity index (χ2n) is 2.54. The van der Waals surface area contributed by atoms with Crippen molar-refractivity contribution in [3.63, 3.8) is 0 Å². The first-order valence-electron chi connectivity index (χ1n) is 4.19. The highest BCUT2D eigenvalue weighted by Crippen LogP contribution is 2.12. The SMILES string of the molecule is CCCC(OCC)=C(C)C(=O)O. The molecule has 0 aromatic rings. The molecule has 0 aliphatic heterocycles. The highest BCUT2D eigenvalue weighted by molar-refractivity contribution is 5.86. The molecule has 0 saturated carbocycles. The van der Waals surface area contributed by atoms with Crippen molar-refractivity contribution in [3.8, 4) is 0 Å². The summed E-state index contributed by atoms with van der Waals surface area (Å²) in [5, 5.41) is 8.67. The number of rotatable bonds is 5. The van der Waals surface area contributed by atoms with Gasteiger partial charge in [0.15, 0.2) is 0 Å². The molecule has 0 atom stereocenters. The van der Waals surface area contributed by atoms with Crippen LogP contribution in [0.1, 0.15) is 33.6 Å². The number of aliphatic carboxylic acids is 1. The Balaban J connectivity index is 4.43. The lowest BCUT2D eigenvalue weighted by Gasteiger charge is -2.08. The summed E-state index contributed by atoms with van der Waals surface area (Å²) in [5.41, 5.74) is 0.318. The summed E-state index contributed by atoms with van der Waals surface area (Å²) in [6, 6.07) is 0. The molecule has 0 radical (unpaired) electrons. The standard InChI is InChI=1S/C9H16O3/c1-4-6-8(12-5-2)7(3)9(10)11/h4-6H2,1-3H3,(H,10,11). The normalized spacial score (nSPS) is 12.2. The molecule has 0 saturated heterocycles. The molecule has 0 spiro atoms. The average Bonchev–Trinajstić information content (AvgIpc) is 2.03. The second-order valence-corrected chi connectivity index (χ2v) is 2.54. The van der Waals surface area contributed by atoms with Crippen LogP contribution in [0.25, 0.3) is 0 Å². The molecule has 12 heavy (non-hydrogen) atoms. The number of carboxylic acids is 1. The van der Waals surface area contributed by atoms with Crippen molar-refractivity contribution in [1.29, 1.82) is 0 Å². The zero-order chi connectivity index (χ0) is 9.56. The monoisotopic (exact) mass is 172 g/mol. The molecule has 0 unspecified atom stereocenters. The van der Waals surface area contributed by atoms with E-state index in [0.29, 0.717) is 24.4 Å². The van der Waals surface area contributed by atoms with Crippen molar-refractivity contribution in [2.45, 2.75) is 33.6 Å². The van der Waals surface area contributed by atoms with E-state index in [1.54, 1.807) is 6.92 Å². The maximum Gasteiger partial charge on any atom is 0.334 e. The molecule has 0 rings (SSSR count). The first-order valence-corrected chi connectivity index (χ1v) is 4.19. The van der Waals surface area contributed by atoms with Crippen LogP contribution >= 0.6 is 0 Å². The van der Waals surface area contributed by atoms with Gasteiger partial charge in [0.2, 0.25) is 0 Å². The average molecular weight is 172 g/mol.